The summed E-state index contributed by atoms with van der Waals surface area (Å²) in [5, 5.41) is 10.4. The van der Waals surface area contributed by atoms with Gasteiger partial charge in [0.2, 0.25) is 0 Å². The predicted octanol–water partition coefficient (Wildman–Crippen LogP) is 3.22. The molecule has 0 bridgehead atoms. The van der Waals surface area contributed by atoms with Crippen LogP contribution >= 0.6 is 0 Å². The minimum absolute atomic E-state index is 0.102. The molecule has 0 saturated carbocycles. The van der Waals surface area contributed by atoms with Gasteiger partial charge in [-0.05, 0) is 37.1 Å². The highest BCUT2D eigenvalue weighted by Gasteiger charge is 2.22. The highest BCUT2D eigenvalue weighted by atomic mass is 16.5. The Kier molecular flexibility index (Phi) is 6.13. The van der Waals surface area contributed by atoms with Gasteiger partial charge in [0, 0.05) is 49.6 Å². The average molecular weight is 418 g/mol. The number of hydrogen-bond acceptors (Lipinski definition) is 6. The molecule has 0 unspecified atom stereocenters. The Balaban J connectivity index is 1.57. The van der Waals surface area contributed by atoms with E-state index in [1.54, 1.807) is 18.5 Å². The Hall–Kier alpha value is -3.45. The molecule has 31 heavy (non-hydrogen) atoms. The van der Waals surface area contributed by atoms with E-state index in [1.165, 1.54) is 0 Å². The zero-order valence-corrected chi connectivity index (χ0v) is 17.6. The first-order valence-corrected chi connectivity index (χ1v) is 10.4. The molecule has 1 aromatic carbocycles. The lowest BCUT2D eigenvalue weighted by atomic mass is 10.0. The maximum Gasteiger partial charge on any atom is 0.255 e. The lowest BCUT2D eigenvalue weighted by Crippen LogP contribution is -2.35. The van der Waals surface area contributed by atoms with Gasteiger partial charge in [0.25, 0.3) is 5.56 Å². The summed E-state index contributed by atoms with van der Waals surface area (Å²) < 4.78 is 5.61. The van der Waals surface area contributed by atoms with Crippen LogP contribution in [0.3, 0.4) is 0 Å². The van der Waals surface area contributed by atoms with Gasteiger partial charge < -0.3 is 14.8 Å². The summed E-state index contributed by atoms with van der Waals surface area (Å²) >= 11 is 0. The van der Waals surface area contributed by atoms with Crippen LogP contribution in [-0.2, 0) is 25.9 Å². The number of rotatable bonds is 7. The summed E-state index contributed by atoms with van der Waals surface area (Å²) in [6.45, 7) is 8.10. The molecule has 7 heteroatoms. The van der Waals surface area contributed by atoms with Crippen LogP contribution in [0.2, 0.25) is 0 Å². The predicted molar refractivity (Wildman–Crippen MR) is 119 cm³/mol. The number of aromatic amines is 1. The van der Waals surface area contributed by atoms with E-state index < -0.39 is 0 Å². The molecule has 0 atom stereocenters. The number of nitrogens with one attached hydrogen (secondary N) is 1. The van der Waals surface area contributed by atoms with Gasteiger partial charge in [0.1, 0.15) is 5.82 Å². The summed E-state index contributed by atoms with van der Waals surface area (Å²) in [5.74, 6) is 1.23. The number of phenolic OH excluding ortho intramolecular Hbond substituents is 1. The van der Waals surface area contributed by atoms with Crippen LogP contribution in [0, 0.1) is 0 Å². The monoisotopic (exact) mass is 418 g/mol. The SMILES string of the molecule is C=CCc1cc(CN2CCc3nc(-c4ccncc4)[nH]c(=O)c3C2)cc(OCC)c1O. The number of nitrogens with zero attached hydrogens (tertiary/aromatic N) is 3. The van der Waals surface area contributed by atoms with E-state index in [9.17, 15) is 9.90 Å². The topological polar surface area (TPSA) is 91.3 Å². The Morgan fingerprint density at radius 1 is 1.32 bits per heavy atom. The Labute approximate surface area is 181 Å². The van der Waals surface area contributed by atoms with Crippen LogP contribution < -0.4 is 10.3 Å². The van der Waals surface area contributed by atoms with Crippen molar-refractivity contribution in [2.45, 2.75) is 32.9 Å². The summed E-state index contributed by atoms with van der Waals surface area (Å²) in [6.07, 6.45) is 6.39. The maximum absolute atomic E-state index is 12.8. The number of phenols is 1. The molecule has 0 amide bonds. The molecule has 0 aliphatic carbocycles. The van der Waals surface area contributed by atoms with Gasteiger partial charge in [-0.1, -0.05) is 12.1 Å². The second-order valence-corrected chi connectivity index (χ2v) is 7.56. The molecule has 1 aliphatic rings. The van der Waals surface area contributed by atoms with Crippen LogP contribution in [0.5, 0.6) is 11.5 Å². The third-order valence-electron chi connectivity index (χ3n) is 5.39. The number of ether oxygens (including phenoxy) is 1. The van der Waals surface area contributed by atoms with Crippen LogP contribution in [0.15, 0.2) is 54.1 Å². The van der Waals surface area contributed by atoms with E-state index in [0.717, 1.165) is 28.9 Å². The minimum Gasteiger partial charge on any atom is -0.504 e. The number of H-pyrrole nitrogens is 1. The molecule has 1 aliphatic heterocycles. The molecular weight excluding hydrogens is 392 g/mol. The molecule has 0 radical (unpaired) electrons. The number of aromatic nitrogens is 3. The molecule has 3 aromatic rings. The van der Waals surface area contributed by atoms with Gasteiger partial charge in [-0.25, -0.2) is 4.98 Å². The van der Waals surface area contributed by atoms with Crippen LogP contribution in [0.1, 0.15) is 29.3 Å². The van der Waals surface area contributed by atoms with Gasteiger partial charge in [-0.3, -0.25) is 14.7 Å². The number of benzene rings is 1. The van der Waals surface area contributed by atoms with Crippen molar-refractivity contribution in [1.82, 2.24) is 19.9 Å². The first-order chi connectivity index (χ1) is 15.1. The number of hydrogen-bond donors (Lipinski definition) is 2. The lowest BCUT2D eigenvalue weighted by Gasteiger charge is -2.28. The van der Waals surface area contributed by atoms with E-state index in [0.29, 0.717) is 49.7 Å². The average Bonchev–Trinajstić information content (AvgIpc) is 2.78. The smallest absolute Gasteiger partial charge is 0.255 e. The summed E-state index contributed by atoms with van der Waals surface area (Å²) in [5.41, 5.74) is 4.11. The quantitative estimate of drug-likeness (QED) is 0.573. The third kappa shape index (κ3) is 4.51. The first kappa shape index (κ1) is 20.8. The van der Waals surface area contributed by atoms with Gasteiger partial charge in [0.15, 0.2) is 11.5 Å². The van der Waals surface area contributed by atoms with Crippen molar-refractivity contribution in [3.63, 3.8) is 0 Å². The Morgan fingerprint density at radius 2 is 2.13 bits per heavy atom. The van der Waals surface area contributed by atoms with Crippen molar-refractivity contribution in [3.05, 3.63) is 82.1 Å². The van der Waals surface area contributed by atoms with E-state index >= 15 is 0 Å². The molecule has 4 rings (SSSR count). The fraction of sp³-hybridized carbons (Fsp3) is 0.292. The summed E-state index contributed by atoms with van der Waals surface area (Å²) in [6, 6.07) is 7.52. The van der Waals surface area contributed by atoms with Gasteiger partial charge in [-0.15, -0.1) is 6.58 Å². The molecule has 3 heterocycles. The number of fused-ring (bicyclic) bond motifs is 1. The van der Waals surface area contributed by atoms with Crippen molar-refractivity contribution in [1.29, 1.82) is 0 Å². The third-order valence-corrected chi connectivity index (χ3v) is 5.39. The van der Waals surface area contributed by atoms with Crippen molar-refractivity contribution >= 4 is 0 Å². The molecule has 0 fully saturated rings. The largest absolute Gasteiger partial charge is 0.504 e. The first-order valence-electron chi connectivity index (χ1n) is 10.4. The van der Waals surface area contributed by atoms with Crippen molar-refractivity contribution in [3.8, 4) is 22.9 Å². The number of allylic oxidation sites excluding steroid dienone is 1. The lowest BCUT2D eigenvalue weighted by molar-refractivity contribution is 0.241. The van der Waals surface area contributed by atoms with Crippen molar-refractivity contribution in [2.24, 2.45) is 0 Å². The Morgan fingerprint density at radius 3 is 2.87 bits per heavy atom. The molecule has 0 saturated heterocycles. The van der Waals surface area contributed by atoms with E-state index in [2.05, 4.69) is 21.4 Å². The summed E-state index contributed by atoms with van der Waals surface area (Å²) in [4.78, 5) is 26.6. The van der Waals surface area contributed by atoms with E-state index in [-0.39, 0.29) is 11.3 Å². The fourth-order valence-corrected chi connectivity index (χ4v) is 3.92. The number of aromatic hydroxyl groups is 1. The highest BCUT2D eigenvalue weighted by Crippen LogP contribution is 2.33. The zero-order valence-electron chi connectivity index (χ0n) is 17.6. The molecule has 0 spiro atoms. The molecule has 160 valence electrons. The van der Waals surface area contributed by atoms with Crippen LogP contribution in [-0.4, -0.2) is 38.1 Å². The standard InChI is InChI=1S/C24H26N4O3/c1-3-5-18-12-16(13-21(22(18)29)31-4-2)14-28-11-8-20-19(15-28)24(30)27-23(26-20)17-6-9-25-10-7-17/h3,6-7,9-10,12-13,29H,1,4-5,8,11,14-15H2,2H3,(H,26,27,30). The van der Waals surface area contributed by atoms with Crippen LogP contribution in [0.25, 0.3) is 11.4 Å². The van der Waals surface area contributed by atoms with Crippen molar-refractivity contribution < 1.29 is 9.84 Å². The van der Waals surface area contributed by atoms with Gasteiger partial charge in [-0.2, -0.15) is 0 Å². The van der Waals surface area contributed by atoms with Gasteiger partial charge in [0.05, 0.1) is 17.9 Å². The van der Waals surface area contributed by atoms with Gasteiger partial charge >= 0.3 is 0 Å². The van der Waals surface area contributed by atoms with E-state index in [4.69, 9.17) is 9.72 Å². The van der Waals surface area contributed by atoms with Crippen molar-refractivity contribution in [2.75, 3.05) is 13.2 Å². The minimum atomic E-state index is -0.102. The maximum atomic E-state index is 12.8. The normalized spacial score (nSPS) is 13.6. The Bertz CT molecular complexity index is 1140. The second-order valence-electron chi connectivity index (χ2n) is 7.56. The second kappa shape index (κ2) is 9.14. The molecule has 7 nitrogen and oxygen atoms in total. The highest BCUT2D eigenvalue weighted by molar-refractivity contribution is 5.54. The molecule has 2 N–H and O–H groups in total. The molecular formula is C24H26N4O3. The fourth-order valence-electron chi connectivity index (χ4n) is 3.92. The zero-order chi connectivity index (χ0) is 21.8. The summed E-state index contributed by atoms with van der Waals surface area (Å²) in [7, 11) is 0. The van der Waals surface area contributed by atoms with Crippen LogP contribution in [0.4, 0.5) is 0 Å². The molecule has 2 aromatic heterocycles. The number of pyridine rings is 1. The van der Waals surface area contributed by atoms with E-state index in [1.807, 2.05) is 31.2 Å².